The summed E-state index contributed by atoms with van der Waals surface area (Å²) in [6.07, 6.45) is 0.830. The zero-order valence-electron chi connectivity index (χ0n) is 6.42. The Hall–Kier alpha value is -0.120. The van der Waals surface area contributed by atoms with Crippen molar-refractivity contribution in [2.75, 3.05) is 33.4 Å². The van der Waals surface area contributed by atoms with Gasteiger partial charge in [-0.25, -0.2) is 0 Å². The third-order valence-corrected chi connectivity index (χ3v) is 1.98. The van der Waals surface area contributed by atoms with Gasteiger partial charge in [0.25, 0.3) is 0 Å². The van der Waals surface area contributed by atoms with Gasteiger partial charge in [-0.1, -0.05) is 0 Å². The Morgan fingerprint density at radius 3 is 3.10 bits per heavy atom. The van der Waals surface area contributed by atoms with E-state index >= 15 is 0 Å². The standard InChI is InChI=1S/C7H15NO2/c1-8-3-5-10-6-7(8)2-4-9/h7,9H,2-6H2,1H3/t7-/m1/s1. The van der Waals surface area contributed by atoms with Crippen molar-refractivity contribution >= 4 is 0 Å². The lowest BCUT2D eigenvalue weighted by atomic mass is 10.2. The summed E-state index contributed by atoms with van der Waals surface area (Å²) < 4.78 is 5.25. The molecule has 0 amide bonds. The molecule has 10 heavy (non-hydrogen) atoms. The summed E-state index contributed by atoms with van der Waals surface area (Å²) in [6.45, 7) is 2.86. The lowest BCUT2D eigenvalue weighted by Crippen LogP contribution is -2.43. The second-order valence-corrected chi connectivity index (χ2v) is 2.72. The lowest BCUT2D eigenvalue weighted by molar-refractivity contribution is -0.00251. The zero-order valence-corrected chi connectivity index (χ0v) is 6.42. The fraction of sp³-hybridized carbons (Fsp3) is 1.00. The number of ether oxygens (including phenoxy) is 1. The van der Waals surface area contributed by atoms with E-state index in [-0.39, 0.29) is 6.61 Å². The largest absolute Gasteiger partial charge is 0.396 e. The third kappa shape index (κ3) is 1.94. The summed E-state index contributed by atoms with van der Waals surface area (Å²) in [4.78, 5) is 2.24. The monoisotopic (exact) mass is 145 g/mol. The van der Waals surface area contributed by atoms with E-state index in [1.807, 2.05) is 0 Å². The Labute approximate surface area is 61.6 Å². The first-order chi connectivity index (χ1) is 4.84. The molecule has 0 aromatic rings. The minimum atomic E-state index is 0.262. The van der Waals surface area contributed by atoms with Crippen LogP contribution in [-0.4, -0.2) is 49.5 Å². The minimum absolute atomic E-state index is 0.262. The minimum Gasteiger partial charge on any atom is -0.396 e. The summed E-state index contributed by atoms with van der Waals surface area (Å²) in [7, 11) is 2.07. The molecule has 1 fully saturated rings. The van der Waals surface area contributed by atoms with E-state index in [9.17, 15) is 0 Å². The molecular formula is C7H15NO2. The number of aliphatic hydroxyl groups excluding tert-OH is 1. The molecule has 0 aliphatic carbocycles. The quantitative estimate of drug-likeness (QED) is 0.579. The first kappa shape index (κ1) is 7.98. The highest BCUT2D eigenvalue weighted by atomic mass is 16.5. The van der Waals surface area contributed by atoms with Gasteiger partial charge in [0, 0.05) is 19.2 Å². The van der Waals surface area contributed by atoms with Gasteiger partial charge in [0.05, 0.1) is 13.2 Å². The Bertz CT molecular complexity index is 95.6. The average Bonchev–Trinajstić information content (AvgIpc) is 1.94. The van der Waals surface area contributed by atoms with Crippen molar-refractivity contribution < 1.29 is 9.84 Å². The highest BCUT2D eigenvalue weighted by Crippen LogP contribution is 2.06. The van der Waals surface area contributed by atoms with Gasteiger partial charge in [0.1, 0.15) is 0 Å². The molecule has 0 bridgehead atoms. The molecule has 0 aromatic carbocycles. The van der Waals surface area contributed by atoms with Gasteiger partial charge in [-0.2, -0.15) is 0 Å². The van der Waals surface area contributed by atoms with E-state index in [1.54, 1.807) is 0 Å². The first-order valence-corrected chi connectivity index (χ1v) is 3.73. The van der Waals surface area contributed by atoms with Crippen LogP contribution in [0.15, 0.2) is 0 Å². The van der Waals surface area contributed by atoms with E-state index in [4.69, 9.17) is 9.84 Å². The lowest BCUT2D eigenvalue weighted by Gasteiger charge is -2.31. The molecule has 0 spiro atoms. The molecule has 0 unspecified atom stereocenters. The number of rotatable bonds is 2. The van der Waals surface area contributed by atoms with E-state index in [2.05, 4.69) is 11.9 Å². The van der Waals surface area contributed by atoms with E-state index in [0.717, 1.165) is 26.2 Å². The summed E-state index contributed by atoms with van der Waals surface area (Å²) in [5, 5.41) is 8.65. The maximum atomic E-state index is 8.65. The molecule has 0 radical (unpaired) electrons. The van der Waals surface area contributed by atoms with Crippen molar-refractivity contribution in [3.8, 4) is 0 Å². The van der Waals surface area contributed by atoms with Crippen molar-refractivity contribution in [3.63, 3.8) is 0 Å². The summed E-state index contributed by atoms with van der Waals surface area (Å²) in [5.41, 5.74) is 0. The van der Waals surface area contributed by atoms with Crippen LogP contribution < -0.4 is 0 Å². The summed E-state index contributed by atoms with van der Waals surface area (Å²) in [6, 6.07) is 0.429. The van der Waals surface area contributed by atoms with Crippen LogP contribution in [0.3, 0.4) is 0 Å². The molecule has 1 atom stereocenters. The van der Waals surface area contributed by atoms with Crippen LogP contribution in [0, 0.1) is 0 Å². The second kappa shape index (κ2) is 3.91. The van der Waals surface area contributed by atoms with Gasteiger partial charge in [-0.15, -0.1) is 0 Å². The molecule has 1 saturated heterocycles. The normalized spacial score (nSPS) is 28.8. The first-order valence-electron chi connectivity index (χ1n) is 3.73. The zero-order chi connectivity index (χ0) is 7.40. The SMILES string of the molecule is CN1CCOC[C@H]1CCO. The summed E-state index contributed by atoms with van der Waals surface area (Å²) >= 11 is 0. The van der Waals surface area contributed by atoms with Gasteiger partial charge in [-0.05, 0) is 13.5 Å². The fourth-order valence-corrected chi connectivity index (χ4v) is 1.19. The van der Waals surface area contributed by atoms with Crippen LogP contribution in [0.4, 0.5) is 0 Å². The van der Waals surface area contributed by atoms with Crippen LogP contribution in [0.2, 0.25) is 0 Å². The Morgan fingerprint density at radius 1 is 1.70 bits per heavy atom. The van der Waals surface area contributed by atoms with Crippen molar-refractivity contribution in [2.24, 2.45) is 0 Å². The molecule has 1 heterocycles. The van der Waals surface area contributed by atoms with Crippen LogP contribution in [0.1, 0.15) is 6.42 Å². The van der Waals surface area contributed by atoms with Crippen LogP contribution in [0.5, 0.6) is 0 Å². The molecule has 3 heteroatoms. The van der Waals surface area contributed by atoms with Gasteiger partial charge in [-0.3, -0.25) is 4.90 Å². The number of morpholine rings is 1. The van der Waals surface area contributed by atoms with Crippen molar-refractivity contribution in [2.45, 2.75) is 12.5 Å². The second-order valence-electron chi connectivity index (χ2n) is 2.72. The topological polar surface area (TPSA) is 32.7 Å². The smallest absolute Gasteiger partial charge is 0.0623 e. The molecule has 1 N–H and O–H groups in total. The molecule has 0 saturated carbocycles. The van der Waals surface area contributed by atoms with E-state index in [1.165, 1.54) is 0 Å². The predicted molar refractivity (Wildman–Crippen MR) is 38.9 cm³/mol. The Kier molecular flexibility index (Phi) is 3.12. The number of nitrogens with zero attached hydrogens (tertiary/aromatic N) is 1. The molecule has 1 aliphatic heterocycles. The fourth-order valence-electron chi connectivity index (χ4n) is 1.19. The van der Waals surface area contributed by atoms with Crippen LogP contribution in [0.25, 0.3) is 0 Å². The Morgan fingerprint density at radius 2 is 2.50 bits per heavy atom. The Balaban J connectivity index is 2.25. The number of hydrogen-bond donors (Lipinski definition) is 1. The molecule has 3 nitrogen and oxygen atoms in total. The van der Waals surface area contributed by atoms with Gasteiger partial charge < -0.3 is 9.84 Å². The molecule has 1 rings (SSSR count). The van der Waals surface area contributed by atoms with Crippen molar-refractivity contribution in [1.82, 2.24) is 4.90 Å². The van der Waals surface area contributed by atoms with Gasteiger partial charge in [0.2, 0.25) is 0 Å². The third-order valence-electron chi connectivity index (χ3n) is 1.98. The highest BCUT2D eigenvalue weighted by molar-refractivity contribution is 4.71. The van der Waals surface area contributed by atoms with Crippen LogP contribution >= 0.6 is 0 Å². The summed E-state index contributed by atoms with van der Waals surface area (Å²) in [5.74, 6) is 0. The maximum Gasteiger partial charge on any atom is 0.0623 e. The number of hydrogen-bond acceptors (Lipinski definition) is 3. The molecule has 60 valence electrons. The van der Waals surface area contributed by atoms with E-state index < -0.39 is 0 Å². The molecule has 0 aromatic heterocycles. The number of likely N-dealkylation sites (N-methyl/N-ethyl adjacent to an activating group) is 1. The highest BCUT2D eigenvalue weighted by Gasteiger charge is 2.17. The molecular weight excluding hydrogens is 130 g/mol. The van der Waals surface area contributed by atoms with Crippen molar-refractivity contribution in [1.29, 1.82) is 0 Å². The maximum absolute atomic E-state index is 8.65. The van der Waals surface area contributed by atoms with Gasteiger partial charge in [0.15, 0.2) is 0 Å². The van der Waals surface area contributed by atoms with E-state index in [0.29, 0.717) is 6.04 Å². The molecule has 1 aliphatic rings. The van der Waals surface area contributed by atoms with Gasteiger partial charge >= 0.3 is 0 Å². The van der Waals surface area contributed by atoms with Crippen molar-refractivity contribution in [3.05, 3.63) is 0 Å². The average molecular weight is 145 g/mol. The van der Waals surface area contributed by atoms with Crippen LogP contribution in [-0.2, 0) is 4.74 Å². The predicted octanol–water partition coefficient (Wildman–Crippen LogP) is -0.301. The number of aliphatic hydroxyl groups is 1.